The van der Waals surface area contributed by atoms with Gasteiger partial charge in [-0.05, 0) is 102 Å². The highest BCUT2D eigenvalue weighted by Gasteiger charge is 2.44. The average molecular weight is 661 g/mol. The van der Waals surface area contributed by atoms with Crippen molar-refractivity contribution >= 4 is 34.1 Å². The first kappa shape index (κ1) is 31.0. The molecule has 0 N–H and O–H groups in total. The molecule has 0 unspecified atom stereocenters. The number of hydrogen-bond acceptors (Lipinski definition) is 4. The Bertz CT molecular complexity index is 2340. The van der Waals surface area contributed by atoms with Gasteiger partial charge in [-0.1, -0.05) is 100 Å². The summed E-state index contributed by atoms with van der Waals surface area (Å²) in [5.74, 6) is 0. The Morgan fingerprint density at radius 2 is 0.902 bits per heavy atom. The second kappa shape index (κ2) is 11.5. The van der Waals surface area contributed by atoms with Crippen LogP contribution in [0.4, 0.5) is 34.1 Å². The normalized spacial score (nSPS) is 14.3. The molecule has 4 nitrogen and oxygen atoms in total. The second-order valence-corrected chi connectivity index (χ2v) is 14.8. The van der Waals surface area contributed by atoms with Crippen molar-refractivity contribution in [3.05, 3.63) is 180 Å². The summed E-state index contributed by atoms with van der Waals surface area (Å²) in [7, 11) is 0. The van der Waals surface area contributed by atoms with Gasteiger partial charge in [0.2, 0.25) is 0 Å². The van der Waals surface area contributed by atoms with Crippen molar-refractivity contribution in [2.45, 2.75) is 45.4 Å². The first-order chi connectivity index (χ1) is 24.7. The molecule has 9 rings (SSSR count). The first-order valence-electron chi connectivity index (χ1n) is 17.8. The van der Waals surface area contributed by atoms with Crippen molar-refractivity contribution in [1.29, 1.82) is 0 Å². The lowest BCUT2D eigenvalue weighted by molar-refractivity contribution is 0.631. The molecule has 0 fully saturated rings. The van der Waals surface area contributed by atoms with E-state index in [1.807, 2.05) is 6.20 Å². The molecule has 0 aliphatic heterocycles. The van der Waals surface area contributed by atoms with Crippen molar-refractivity contribution in [3.8, 4) is 22.5 Å². The fraction of sp³-hybridized carbons (Fsp3) is 0.149. The Morgan fingerprint density at radius 3 is 1.41 bits per heavy atom. The molecule has 0 atom stereocenters. The molecule has 7 aromatic rings. The molecule has 2 aliphatic carbocycles. The van der Waals surface area contributed by atoms with Crippen molar-refractivity contribution in [2.24, 2.45) is 0 Å². The molecule has 0 amide bonds. The molecule has 51 heavy (non-hydrogen) atoms. The predicted octanol–water partition coefficient (Wildman–Crippen LogP) is 12.3. The molecule has 248 valence electrons. The zero-order chi connectivity index (χ0) is 34.9. The lowest BCUT2D eigenvalue weighted by Gasteiger charge is -2.28. The Hall–Kier alpha value is -6.00. The molecule has 5 aromatic carbocycles. The minimum absolute atomic E-state index is 0.253. The van der Waals surface area contributed by atoms with E-state index in [2.05, 4.69) is 190 Å². The Balaban J connectivity index is 1.17. The topological polar surface area (TPSA) is 32.3 Å². The summed E-state index contributed by atoms with van der Waals surface area (Å²) >= 11 is 0. The van der Waals surface area contributed by atoms with Crippen molar-refractivity contribution in [1.82, 2.24) is 9.97 Å². The van der Waals surface area contributed by atoms with Crippen LogP contribution in [0.15, 0.2) is 152 Å². The van der Waals surface area contributed by atoms with Crippen LogP contribution in [0.1, 0.15) is 55.6 Å². The van der Waals surface area contributed by atoms with Crippen LogP contribution in [-0.2, 0) is 10.8 Å². The van der Waals surface area contributed by atoms with E-state index >= 15 is 0 Å². The van der Waals surface area contributed by atoms with Gasteiger partial charge in [0.1, 0.15) is 0 Å². The predicted molar refractivity (Wildman–Crippen MR) is 211 cm³/mol. The largest absolute Gasteiger partial charge is 0.310 e. The molecular formula is C47H40N4. The van der Waals surface area contributed by atoms with Gasteiger partial charge in [0.15, 0.2) is 0 Å². The van der Waals surface area contributed by atoms with Crippen molar-refractivity contribution < 1.29 is 0 Å². The van der Waals surface area contributed by atoms with Crippen LogP contribution in [0.25, 0.3) is 22.5 Å². The third-order valence-corrected chi connectivity index (χ3v) is 10.9. The maximum absolute atomic E-state index is 5.61. The third kappa shape index (κ3) is 4.81. The number of aryl methyl sites for hydroxylation is 1. The number of para-hydroxylation sites is 4. The molecule has 0 saturated carbocycles. The molecule has 2 aliphatic rings. The maximum atomic E-state index is 5.61. The number of nitrogens with zero attached hydrogens (tertiary/aromatic N) is 4. The minimum atomic E-state index is -0.333. The Morgan fingerprint density at radius 1 is 0.451 bits per heavy atom. The van der Waals surface area contributed by atoms with Crippen LogP contribution in [0, 0.1) is 6.92 Å². The van der Waals surface area contributed by atoms with Gasteiger partial charge in [-0.3, -0.25) is 9.97 Å². The summed E-state index contributed by atoms with van der Waals surface area (Å²) in [4.78, 5) is 15.5. The number of hydrogen-bond donors (Lipinski definition) is 0. The number of rotatable bonds is 6. The fourth-order valence-corrected chi connectivity index (χ4v) is 8.28. The van der Waals surface area contributed by atoms with E-state index < -0.39 is 0 Å². The molecule has 2 heterocycles. The maximum Gasteiger partial charge on any atom is 0.0763 e. The van der Waals surface area contributed by atoms with Gasteiger partial charge in [0.05, 0.1) is 29.0 Å². The van der Waals surface area contributed by atoms with Gasteiger partial charge >= 0.3 is 0 Å². The van der Waals surface area contributed by atoms with Crippen LogP contribution in [0.3, 0.4) is 0 Å². The van der Waals surface area contributed by atoms with Gasteiger partial charge in [0, 0.05) is 50.4 Å². The fourth-order valence-electron chi connectivity index (χ4n) is 8.28. The molecule has 2 aromatic heterocycles. The quantitative estimate of drug-likeness (QED) is 0.178. The highest BCUT2D eigenvalue weighted by Crippen LogP contribution is 2.56. The Labute approximate surface area is 300 Å². The smallest absolute Gasteiger partial charge is 0.0763 e. The highest BCUT2D eigenvalue weighted by molar-refractivity contribution is 5.90. The highest BCUT2D eigenvalue weighted by atomic mass is 15.2. The van der Waals surface area contributed by atoms with E-state index in [0.29, 0.717) is 0 Å². The number of anilines is 6. The number of benzene rings is 5. The second-order valence-electron chi connectivity index (χ2n) is 14.8. The monoisotopic (exact) mass is 660 g/mol. The van der Waals surface area contributed by atoms with Gasteiger partial charge in [-0.15, -0.1) is 0 Å². The van der Waals surface area contributed by atoms with E-state index in [9.17, 15) is 0 Å². The number of pyridine rings is 2. The van der Waals surface area contributed by atoms with Crippen LogP contribution in [0.2, 0.25) is 0 Å². The summed E-state index contributed by atoms with van der Waals surface area (Å²) in [6.45, 7) is 11.5. The molecular weight excluding hydrogens is 621 g/mol. The number of fused-ring (bicyclic) bond motifs is 6. The van der Waals surface area contributed by atoms with Crippen LogP contribution in [0.5, 0.6) is 0 Å². The van der Waals surface area contributed by atoms with Crippen LogP contribution in [-0.4, -0.2) is 9.97 Å². The summed E-state index contributed by atoms with van der Waals surface area (Å²) in [6.07, 6.45) is 2.02. The first-order valence-corrected chi connectivity index (χ1v) is 17.8. The van der Waals surface area contributed by atoms with Crippen LogP contribution >= 0.6 is 0 Å². The third-order valence-electron chi connectivity index (χ3n) is 10.9. The van der Waals surface area contributed by atoms with E-state index in [-0.39, 0.29) is 10.8 Å². The standard InChI is InChI=1S/C47H40N4/c1-31-26-36(50(32-18-10-6-11-19-32)33-20-12-7-13-21-33)27-39-42(31)44-41(46(39,2)3)29-38-43-40(47(4,5)45(38)49-44)28-37(30-48-43)51(34-22-14-8-15-23-34)35-24-16-9-17-25-35/h6-30H,1-5H3. The lowest BCUT2D eigenvalue weighted by Crippen LogP contribution is -2.19. The lowest BCUT2D eigenvalue weighted by atomic mass is 9.81. The van der Waals surface area contributed by atoms with E-state index in [0.717, 1.165) is 56.8 Å². The zero-order valence-corrected chi connectivity index (χ0v) is 29.7. The molecule has 4 heteroatoms. The van der Waals surface area contributed by atoms with Crippen LogP contribution < -0.4 is 9.80 Å². The summed E-state index contributed by atoms with van der Waals surface area (Å²) in [5.41, 5.74) is 16.7. The summed E-state index contributed by atoms with van der Waals surface area (Å²) in [6, 6.07) is 51.8. The average Bonchev–Trinajstić information content (AvgIpc) is 3.52. The molecule has 0 spiro atoms. The summed E-state index contributed by atoms with van der Waals surface area (Å²) in [5, 5.41) is 0. The van der Waals surface area contributed by atoms with E-state index in [4.69, 9.17) is 9.97 Å². The molecule has 0 saturated heterocycles. The molecule has 0 bridgehead atoms. The van der Waals surface area contributed by atoms with Gasteiger partial charge in [0.25, 0.3) is 0 Å². The SMILES string of the molecule is Cc1cc(N(c2ccccc2)c2ccccc2)cc2c1-c1nc3c(cc1C2(C)C)-c1ncc(N(c2ccccc2)c2ccccc2)cc1C3(C)C. The van der Waals surface area contributed by atoms with Gasteiger partial charge in [-0.2, -0.15) is 0 Å². The van der Waals surface area contributed by atoms with E-state index in [1.54, 1.807) is 0 Å². The Kier molecular flexibility index (Phi) is 7.01. The van der Waals surface area contributed by atoms with E-state index in [1.165, 1.54) is 27.8 Å². The molecule has 0 radical (unpaired) electrons. The number of aromatic nitrogens is 2. The minimum Gasteiger partial charge on any atom is -0.310 e. The summed E-state index contributed by atoms with van der Waals surface area (Å²) < 4.78 is 0. The van der Waals surface area contributed by atoms with Gasteiger partial charge in [-0.25, -0.2) is 0 Å². The van der Waals surface area contributed by atoms with Gasteiger partial charge < -0.3 is 9.80 Å². The zero-order valence-electron chi connectivity index (χ0n) is 29.7. The van der Waals surface area contributed by atoms with Crippen molar-refractivity contribution in [2.75, 3.05) is 9.80 Å². The van der Waals surface area contributed by atoms with Crippen molar-refractivity contribution in [3.63, 3.8) is 0 Å².